The van der Waals surface area contributed by atoms with Crippen LogP contribution in [-0.4, -0.2) is 23.5 Å². The van der Waals surface area contributed by atoms with Gasteiger partial charge in [0, 0.05) is 6.20 Å². The molecule has 0 radical (unpaired) electrons. The zero-order chi connectivity index (χ0) is 14.5. The van der Waals surface area contributed by atoms with Crippen molar-refractivity contribution in [3.05, 3.63) is 47.7 Å². The van der Waals surface area contributed by atoms with Crippen LogP contribution in [0.5, 0.6) is 5.75 Å². The molecule has 0 aromatic carbocycles. The molecule has 0 saturated heterocycles. The number of amides is 1. The third kappa shape index (κ3) is 3.60. The molecule has 2 aromatic rings. The normalized spacial score (nSPS) is 11.9. The van der Waals surface area contributed by atoms with Gasteiger partial charge in [-0.25, -0.2) is 0 Å². The van der Waals surface area contributed by atoms with E-state index < -0.39 is 0 Å². The van der Waals surface area contributed by atoms with Gasteiger partial charge in [-0.3, -0.25) is 9.78 Å². The van der Waals surface area contributed by atoms with Gasteiger partial charge in [0.15, 0.2) is 0 Å². The molecule has 1 N–H and O–H groups in total. The van der Waals surface area contributed by atoms with Gasteiger partial charge < -0.3 is 14.5 Å². The Morgan fingerprint density at radius 3 is 2.90 bits per heavy atom. The topological polar surface area (TPSA) is 64.4 Å². The summed E-state index contributed by atoms with van der Waals surface area (Å²) >= 11 is 0. The lowest BCUT2D eigenvalue weighted by atomic mass is 10.2. The third-order valence-corrected chi connectivity index (χ3v) is 2.81. The maximum atomic E-state index is 12.0. The summed E-state index contributed by atoms with van der Waals surface area (Å²) in [4.78, 5) is 16.0. The predicted octanol–water partition coefficient (Wildman–Crippen LogP) is 2.49. The predicted molar refractivity (Wildman–Crippen MR) is 74.8 cm³/mol. The molecule has 5 nitrogen and oxygen atoms in total. The lowest BCUT2D eigenvalue weighted by Crippen LogP contribution is -2.33. The van der Waals surface area contributed by atoms with E-state index >= 15 is 0 Å². The second kappa shape index (κ2) is 6.23. The van der Waals surface area contributed by atoms with E-state index in [4.69, 9.17) is 9.15 Å². The second-order valence-electron chi connectivity index (χ2n) is 4.65. The number of carbonyl (C=O) groups is 1. The van der Waals surface area contributed by atoms with Gasteiger partial charge in [0.05, 0.1) is 18.3 Å². The third-order valence-electron chi connectivity index (χ3n) is 2.81. The SMILES string of the molecule is Cc1cc(C(=O)NC[C@@H](C)Oc2cccnc2)c(C)o1. The first-order valence-electron chi connectivity index (χ1n) is 6.48. The summed E-state index contributed by atoms with van der Waals surface area (Å²) in [5, 5.41) is 2.83. The van der Waals surface area contributed by atoms with Crippen LogP contribution in [0.3, 0.4) is 0 Å². The number of nitrogens with zero attached hydrogens (tertiary/aromatic N) is 1. The zero-order valence-electron chi connectivity index (χ0n) is 11.8. The van der Waals surface area contributed by atoms with Gasteiger partial charge in [0.25, 0.3) is 5.91 Å². The van der Waals surface area contributed by atoms with Gasteiger partial charge in [-0.2, -0.15) is 0 Å². The van der Waals surface area contributed by atoms with Crippen LogP contribution in [0.15, 0.2) is 35.0 Å². The summed E-state index contributed by atoms with van der Waals surface area (Å²) in [5.41, 5.74) is 0.566. The highest BCUT2D eigenvalue weighted by Gasteiger charge is 2.14. The van der Waals surface area contributed by atoms with Crippen molar-refractivity contribution in [2.75, 3.05) is 6.54 Å². The van der Waals surface area contributed by atoms with Crippen LogP contribution < -0.4 is 10.1 Å². The number of ether oxygens (including phenoxy) is 1. The lowest BCUT2D eigenvalue weighted by Gasteiger charge is -2.14. The largest absolute Gasteiger partial charge is 0.487 e. The van der Waals surface area contributed by atoms with Crippen molar-refractivity contribution in [3.8, 4) is 5.75 Å². The first-order valence-corrected chi connectivity index (χ1v) is 6.48. The Morgan fingerprint density at radius 2 is 2.30 bits per heavy atom. The number of nitrogens with one attached hydrogen (secondary N) is 1. The molecule has 0 aliphatic heterocycles. The molecular weight excluding hydrogens is 256 g/mol. The summed E-state index contributed by atoms with van der Waals surface area (Å²) in [6, 6.07) is 5.37. The molecule has 106 valence electrons. The second-order valence-corrected chi connectivity index (χ2v) is 4.65. The number of aromatic nitrogens is 1. The van der Waals surface area contributed by atoms with E-state index in [1.165, 1.54) is 0 Å². The molecule has 0 bridgehead atoms. The first-order chi connectivity index (χ1) is 9.56. The Kier molecular flexibility index (Phi) is 4.40. The summed E-state index contributed by atoms with van der Waals surface area (Å²) in [5.74, 6) is 1.89. The van der Waals surface area contributed by atoms with Crippen LogP contribution in [0.2, 0.25) is 0 Å². The molecule has 0 aliphatic rings. The van der Waals surface area contributed by atoms with Gasteiger partial charge in [-0.1, -0.05) is 0 Å². The molecule has 0 aliphatic carbocycles. The maximum Gasteiger partial charge on any atom is 0.254 e. The van der Waals surface area contributed by atoms with Crippen LogP contribution in [0.4, 0.5) is 0 Å². The van der Waals surface area contributed by atoms with E-state index in [0.717, 1.165) is 5.76 Å². The van der Waals surface area contributed by atoms with Crippen molar-refractivity contribution in [1.29, 1.82) is 0 Å². The minimum absolute atomic E-state index is 0.142. The molecule has 20 heavy (non-hydrogen) atoms. The number of hydrogen-bond donors (Lipinski definition) is 1. The van der Waals surface area contributed by atoms with Crippen molar-refractivity contribution in [1.82, 2.24) is 10.3 Å². The van der Waals surface area contributed by atoms with E-state index in [9.17, 15) is 4.79 Å². The fraction of sp³-hybridized carbons (Fsp3) is 0.333. The Hall–Kier alpha value is -2.30. The van der Waals surface area contributed by atoms with Crippen LogP contribution in [0.1, 0.15) is 28.8 Å². The van der Waals surface area contributed by atoms with Gasteiger partial charge in [0.1, 0.15) is 23.4 Å². The minimum atomic E-state index is -0.152. The zero-order valence-corrected chi connectivity index (χ0v) is 11.8. The van der Waals surface area contributed by atoms with Crippen LogP contribution in [-0.2, 0) is 0 Å². The van der Waals surface area contributed by atoms with E-state index in [0.29, 0.717) is 23.6 Å². The average molecular weight is 274 g/mol. The summed E-state index contributed by atoms with van der Waals surface area (Å²) in [6.07, 6.45) is 3.18. The number of rotatable bonds is 5. The monoisotopic (exact) mass is 274 g/mol. The van der Waals surface area contributed by atoms with Crippen molar-refractivity contribution < 1.29 is 13.9 Å². The molecule has 1 amide bonds. The van der Waals surface area contributed by atoms with E-state index in [2.05, 4.69) is 10.3 Å². The molecule has 0 spiro atoms. The lowest BCUT2D eigenvalue weighted by molar-refractivity contribution is 0.0930. The van der Waals surface area contributed by atoms with Crippen molar-refractivity contribution >= 4 is 5.91 Å². The quantitative estimate of drug-likeness (QED) is 0.909. The molecule has 2 rings (SSSR count). The Morgan fingerprint density at radius 1 is 1.50 bits per heavy atom. The summed E-state index contributed by atoms with van der Waals surface area (Å²) in [6.45, 7) is 5.90. The van der Waals surface area contributed by atoms with Gasteiger partial charge in [-0.05, 0) is 39.0 Å². The Labute approximate surface area is 118 Å². The molecule has 1 atom stereocenters. The van der Waals surface area contributed by atoms with E-state index in [1.807, 2.05) is 19.9 Å². The van der Waals surface area contributed by atoms with Crippen molar-refractivity contribution in [3.63, 3.8) is 0 Å². The van der Waals surface area contributed by atoms with Crippen LogP contribution in [0, 0.1) is 13.8 Å². The standard InChI is InChI=1S/C15H18N2O3/c1-10-7-14(12(3)19-10)15(18)17-8-11(2)20-13-5-4-6-16-9-13/h4-7,9,11H,8H2,1-3H3,(H,17,18)/t11-/m1/s1. The number of furan rings is 1. The molecule has 5 heteroatoms. The molecular formula is C15H18N2O3. The summed E-state index contributed by atoms with van der Waals surface area (Å²) in [7, 11) is 0. The first kappa shape index (κ1) is 14.1. The molecule has 0 unspecified atom stereocenters. The van der Waals surface area contributed by atoms with E-state index in [1.54, 1.807) is 31.5 Å². The fourth-order valence-corrected chi connectivity index (χ4v) is 1.88. The van der Waals surface area contributed by atoms with Gasteiger partial charge in [0.2, 0.25) is 0 Å². The molecule has 0 saturated carbocycles. The number of aryl methyl sites for hydroxylation is 2. The minimum Gasteiger partial charge on any atom is -0.487 e. The highest BCUT2D eigenvalue weighted by Crippen LogP contribution is 2.13. The van der Waals surface area contributed by atoms with E-state index in [-0.39, 0.29) is 12.0 Å². The highest BCUT2D eigenvalue weighted by atomic mass is 16.5. The van der Waals surface area contributed by atoms with Gasteiger partial charge in [-0.15, -0.1) is 0 Å². The number of pyridine rings is 1. The molecule has 2 heterocycles. The molecule has 0 fully saturated rings. The highest BCUT2D eigenvalue weighted by molar-refractivity contribution is 5.95. The smallest absolute Gasteiger partial charge is 0.254 e. The Bertz CT molecular complexity index is 578. The van der Waals surface area contributed by atoms with Gasteiger partial charge >= 0.3 is 0 Å². The Balaban J connectivity index is 1.86. The molecule has 2 aromatic heterocycles. The number of carbonyl (C=O) groups excluding carboxylic acids is 1. The van der Waals surface area contributed by atoms with Crippen molar-refractivity contribution in [2.24, 2.45) is 0 Å². The maximum absolute atomic E-state index is 12.0. The fourth-order valence-electron chi connectivity index (χ4n) is 1.88. The van der Waals surface area contributed by atoms with Crippen LogP contribution in [0.25, 0.3) is 0 Å². The van der Waals surface area contributed by atoms with Crippen LogP contribution >= 0.6 is 0 Å². The number of hydrogen-bond acceptors (Lipinski definition) is 4. The van der Waals surface area contributed by atoms with Crippen molar-refractivity contribution in [2.45, 2.75) is 26.9 Å². The average Bonchev–Trinajstić information content (AvgIpc) is 2.76. The summed E-state index contributed by atoms with van der Waals surface area (Å²) < 4.78 is 11.0.